The van der Waals surface area contributed by atoms with Gasteiger partial charge in [-0.25, -0.2) is 8.42 Å². The van der Waals surface area contributed by atoms with E-state index in [1.54, 1.807) is 42.5 Å². The number of halogens is 1. The van der Waals surface area contributed by atoms with Crippen molar-refractivity contribution in [1.29, 1.82) is 0 Å². The molecule has 8 heteroatoms. The Hall–Kier alpha value is -2.61. The van der Waals surface area contributed by atoms with Gasteiger partial charge in [-0.3, -0.25) is 4.79 Å². The number of amides is 1. The van der Waals surface area contributed by atoms with Gasteiger partial charge in [0.05, 0.1) is 4.90 Å². The Morgan fingerprint density at radius 1 is 1.00 bits per heavy atom. The van der Waals surface area contributed by atoms with E-state index in [0.29, 0.717) is 23.6 Å². The predicted octanol–water partition coefficient (Wildman–Crippen LogP) is 3.25. The van der Waals surface area contributed by atoms with Crippen LogP contribution in [0.15, 0.2) is 65.6 Å². The highest BCUT2D eigenvalue weighted by atomic mass is 35.5. The summed E-state index contributed by atoms with van der Waals surface area (Å²) < 4.78 is 29.2. The fourth-order valence-corrected chi connectivity index (χ4v) is 5.35. The van der Waals surface area contributed by atoms with Crippen LogP contribution in [-0.4, -0.2) is 35.0 Å². The monoisotopic (exact) mass is 443 g/mol. The highest BCUT2D eigenvalue weighted by Gasteiger charge is 2.47. The molecule has 3 aromatic rings. The maximum Gasteiger partial charge on any atom is 0.245 e. The molecular formula is C22H22ClN3O3S. The normalized spacial score (nSPS) is 19.1. The third kappa shape index (κ3) is 3.64. The number of rotatable bonds is 5. The first-order valence-corrected chi connectivity index (χ1v) is 11.4. The lowest BCUT2D eigenvalue weighted by atomic mass is 9.89. The number of hydrogen-bond acceptors (Lipinski definition) is 4. The van der Waals surface area contributed by atoms with Gasteiger partial charge in [-0.2, -0.15) is 4.72 Å². The van der Waals surface area contributed by atoms with Gasteiger partial charge >= 0.3 is 0 Å². The molecule has 0 aromatic heterocycles. The van der Waals surface area contributed by atoms with Crippen LogP contribution in [-0.2, 0) is 20.4 Å². The minimum atomic E-state index is -3.97. The second kappa shape index (κ2) is 7.58. The lowest BCUT2D eigenvalue weighted by Gasteiger charge is -2.28. The number of hydrogen-bond donors (Lipinski definition) is 2. The number of nitrogens with one attached hydrogen (secondary N) is 2. The number of carbonyl (C=O) groups excluding carboxylic acids is 1. The average Bonchev–Trinajstić information content (AvgIpc) is 3.08. The molecule has 2 N–H and O–H groups in total. The maximum absolute atomic E-state index is 13.3. The summed E-state index contributed by atoms with van der Waals surface area (Å²) in [5.41, 5.74) is 0.223. The average molecular weight is 444 g/mol. The van der Waals surface area contributed by atoms with Crippen molar-refractivity contribution in [3.8, 4) is 0 Å². The van der Waals surface area contributed by atoms with E-state index in [1.807, 2.05) is 31.1 Å². The molecule has 1 amide bonds. The summed E-state index contributed by atoms with van der Waals surface area (Å²) in [5.74, 6) is -0.351. The molecule has 30 heavy (non-hydrogen) atoms. The third-order valence-corrected chi connectivity index (χ3v) is 7.17. The first-order chi connectivity index (χ1) is 14.2. The van der Waals surface area contributed by atoms with E-state index in [0.717, 1.165) is 16.5 Å². The van der Waals surface area contributed by atoms with Gasteiger partial charge in [0.2, 0.25) is 15.9 Å². The second-order valence-corrected chi connectivity index (χ2v) is 9.73. The highest BCUT2D eigenvalue weighted by Crippen LogP contribution is 2.33. The van der Waals surface area contributed by atoms with Crippen molar-refractivity contribution in [3.05, 3.63) is 71.2 Å². The van der Waals surface area contributed by atoms with Crippen LogP contribution in [0, 0.1) is 0 Å². The third-order valence-electron chi connectivity index (χ3n) is 5.44. The van der Waals surface area contributed by atoms with E-state index in [2.05, 4.69) is 10.0 Å². The van der Waals surface area contributed by atoms with Crippen LogP contribution >= 0.6 is 11.6 Å². The highest BCUT2D eigenvalue weighted by molar-refractivity contribution is 7.89. The molecule has 6 nitrogen and oxygen atoms in total. The van der Waals surface area contributed by atoms with Crippen molar-refractivity contribution >= 4 is 44.0 Å². The molecule has 1 aliphatic rings. The summed E-state index contributed by atoms with van der Waals surface area (Å²) in [7, 11) is -0.127. The maximum atomic E-state index is 13.3. The van der Waals surface area contributed by atoms with Gasteiger partial charge in [-0.05, 0) is 59.2 Å². The Kier molecular flexibility index (Phi) is 5.22. The molecule has 0 radical (unpaired) electrons. The summed E-state index contributed by atoms with van der Waals surface area (Å²) >= 11 is 6.02. The fraction of sp³-hybridized carbons (Fsp3) is 0.227. The number of benzene rings is 3. The zero-order chi connectivity index (χ0) is 21.5. The van der Waals surface area contributed by atoms with E-state index in [9.17, 15) is 13.2 Å². The van der Waals surface area contributed by atoms with Crippen LogP contribution in [0.25, 0.3) is 10.8 Å². The molecular weight excluding hydrogens is 422 g/mol. The predicted molar refractivity (Wildman–Crippen MR) is 119 cm³/mol. The number of sulfonamides is 1. The van der Waals surface area contributed by atoms with Crippen LogP contribution in [0.3, 0.4) is 0 Å². The Morgan fingerprint density at radius 2 is 1.67 bits per heavy atom. The lowest BCUT2D eigenvalue weighted by Crippen LogP contribution is -2.50. The smallest absolute Gasteiger partial charge is 0.245 e. The minimum Gasteiger partial charge on any atom is -0.378 e. The standard InChI is InChI=1S/C22H22ClN3O3S/c1-26(2)19-8-5-17(6-9-19)22(11-12-24-21(22)27)25-30(28,29)20-10-4-15-13-18(23)7-3-16(15)14-20/h3-10,13-14,25H,11-12H2,1-2H3,(H,24,27)/t22-/m0/s1. The zero-order valence-corrected chi connectivity index (χ0v) is 18.2. The molecule has 0 saturated carbocycles. The SMILES string of the molecule is CN(C)c1ccc([C@@]2(NS(=O)(=O)c3ccc4cc(Cl)ccc4c3)CCNC2=O)cc1. The van der Waals surface area contributed by atoms with Crippen molar-refractivity contribution in [3.63, 3.8) is 0 Å². The van der Waals surface area contributed by atoms with E-state index in [4.69, 9.17) is 11.6 Å². The lowest BCUT2D eigenvalue weighted by molar-refractivity contribution is -0.124. The topological polar surface area (TPSA) is 78.5 Å². The van der Waals surface area contributed by atoms with E-state index in [-0.39, 0.29) is 10.8 Å². The van der Waals surface area contributed by atoms with E-state index >= 15 is 0 Å². The van der Waals surface area contributed by atoms with E-state index in [1.165, 1.54) is 6.07 Å². The van der Waals surface area contributed by atoms with Gasteiger partial charge in [-0.15, -0.1) is 0 Å². The molecule has 0 aliphatic carbocycles. The molecule has 1 atom stereocenters. The first-order valence-electron chi connectivity index (χ1n) is 9.51. The summed E-state index contributed by atoms with van der Waals surface area (Å²) in [6, 6.07) is 17.4. The van der Waals surface area contributed by atoms with Crippen molar-refractivity contribution in [2.45, 2.75) is 16.9 Å². The molecule has 0 spiro atoms. The first kappa shape index (κ1) is 20.7. The zero-order valence-electron chi connectivity index (χ0n) is 16.6. The van der Waals surface area contributed by atoms with Crippen LogP contribution in [0.4, 0.5) is 5.69 Å². The van der Waals surface area contributed by atoms with Gasteiger partial charge in [0.1, 0.15) is 5.54 Å². The molecule has 3 aromatic carbocycles. The van der Waals surface area contributed by atoms with Crippen molar-refractivity contribution in [2.75, 3.05) is 25.5 Å². The Labute approximate surface area is 180 Å². The molecule has 1 fully saturated rings. The number of anilines is 1. The molecule has 4 rings (SSSR count). The van der Waals surface area contributed by atoms with Crippen LogP contribution in [0.5, 0.6) is 0 Å². The van der Waals surface area contributed by atoms with Crippen molar-refractivity contribution in [2.24, 2.45) is 0 Å². The minimum absolute atomic E-state index is 0.0984. The van der Waals surface area contributed by atoms with Gasteiger partial charge < -0.3 is 10.2 Å². The van der Waals surface area contributed by atoms with Crippen LogP contribution in [0.1, 0.15) is 12.0 Å². The summed E-state index contributed by atoms with van der Waals surface area (Å²) in [6.07, 6.45) is 0.329. The molecule has 1 saturated heterocycles. The van der Waals surface area contributed by atoms with E-state index < -0.39 is 15.6 Å². The van der Waals surface area contributed by atoms with Gasteiger partial charge in [0.25, 0.3) is 0 Å². The van der Waals surface area contributed by atoms with Crippen LogP contribution in [0.2, 0.25) is 5.02 Å². The Bertz CT molecular complexity index is 1230. The number of nitrogens with zero attached hydrogens (tertiary/aromatic N) is 1. The molecule has 0 unspecified atom stereocenters. The summed E-state index contributed by atoms with van der Waals surface area (Å²) in [6.45, 7) is 0.396. The largest absolute Gasteiger partial charge is 0.378 e. The number of fused-ring (bicyclic) bond motifs is 1. The van der Waals surface area contributed by atoms with Crippen molar-refractivity contribution in [1.82, 2.24) is 10.0 Å². The second-order valence-electron chi connectivity index (χ2n) is 7.61. The number of carbonyl (C=O) groups is 1. The Balaban J connectivity index is 1.74. The molecule has 1 aliphatic heterocycles. The summed E-state index contributed by atoms with van der Waals surface area (Å²) in [4.78, 5) is 14.9. The molecule has 0 bridgehead atoms. The Morgan fingerprint density at radius 3 is 2.30 bits per heavy atom. The van der Waals surface area contributed by atoms with Gasteiger partial charge in [0, 0.05) is 31.4 Å². The summed E-state index contributed by atoms with van der Waals surface area (Å²) in [5, 5.41) is 4.94. The van der Waals surface area contributed by atoms with Crippen molar-refractivity contribution < 1.29 is 13.2 Å². The quantitative estimate of drug-likeness (QED) is 0.634. The van der Waals surface area contributed by atoms with Crippen LogP contribution < -0.4 is 14.9 Å². The van der Waals surface area contributed by atoms with Gasteiger partial charge in [0.15, 0.2) is 0 Å². The molecule has 156 valence electrons. The molecule has 1 heterocycles. The fourth-order valence-electron chi connectivity index (χ4n) is 3.75. The van der Waals surface area contributed by atoms with Gasteiger partial charge in [-0.1, -0.05) is 35.9 Å².